The van der Waals surface area contributed by atoms with Crippen LogP contribution in [0.5, 0.6) is 0 Å². The van der Waals surface area contributed by atoms with Crippen molar-refractivity contribution < 1.29 is 21.6 Å². The average Bonchev–Trinajstić information content (AvgIpc) is 2.92. The number of nitrogens with one attached hydrogen (secondary N) is 3. The zero-order chi connectivity index (χ0) is 18.2. The number of aromatic nitrogens is 1. The second-order valence-corrected chi connectivity index (χ2v) is 7.60. The summed E-state index contributed by atoms with van der Waals surface area (Å²) in [6, 6.07) is 0. The number of alkyl halides is 3. The molecule has 146 valence electrons. The zero-order valence-electron chi connectivity index (χ0n) is 13.7. The number of halogens is 4. The quantitative estimate of drug-likeness (QED) is 0.211. The fourth-order valence-corrected chi connectivity index (χ4v) is 2.94. The Labute approximate surface area is 166 Å². The van der Waals surface area contributed by atoms with E-state index in [2.05, 4.69) is 25.3 Å². The van der Waals surface area contributed by atoms with Crippen LogP contribution in [0.15, 0.2) is 10.4 Å². The van der Waals surface area contributed by atoms with Crippen LogP contribution in [0.25, 0.3) is 0 Å². The van der Waals surface area contributed by atoms with Crippen molar-refractivity contribution in [1.82, 2.24) is 20.3 Å². The van der Waals surface area contributed by atoms with Gasteiger partial charge in [-0.25, -0.2) is 18.1 Å². The molecule has 0 spiro atoms. The molecule has 0 aliphatic heterocycles. The summed E-state index contributed by atoms with van der Waals surface area (Å²) < 4.78 is 61.4. The van der Waals surface area contributed by atoms with E-state index in [1.165, 1.54) is 0 Å². The summed E-state index contributed by atoms with van der Waals surface area (Å²) in [6.07, 6.45) is -2.42. The largest absolute Gasteiger partial charge is 0.434 e. The highest BCUT2D eigenvalue weighted by atomic mass is 127. The molecular formula is C12H21F3IN5O2S2. The topological polar surface area (TPSA) is 95.5 Å². The molecule has 0 saturated heterocycles. The first-order chi connectivity index (χ1) is 11.1. The van der Waals surface area contributed by atoms with Gasteiger partial charge < -0.3 is 10.6 Å². The van der Waals surface area contributed by atoms with Crippen molar-refractivity contribution in [2.75, 3.05) is 32.9 Å². The van der Waals surface area contributed by atoms with E-state index in [4.69, 9.17) is 0 Å². The van der Waals surface area contributed by atoms with E-state index in [1.807, 2.05) is 0 Å². The molecule has 0 aliphatic carbocycles. The van der Waals surface area contributed by atoms with E-state index in [0.29, 0.717) is 43.4 Å². The van der Waals surface area contributed by atoms with E-state index in [1.54, 1.807) is 7.05 Å². The lowest BCUT2D eigenvalue weighted by Crippen LogP contribution is -2.39. The molecule has 0 radical (unpaired) electrons. The minimum absolute atomic E-state index is 0. The van der Waals surface area contributed by atoms with E-state index in [-0.39, 0.29) is 24.0 Å². The van der Waals surface area contributed by atoms with Gasteiger partial charge in [-0.2, -0.15) is 13.2 Å². The first-order valence-corrected chi connectivity index (χ1v) is 9.79. The molecule has 25 heavy (non-hydrogen) atoms. The molecule has 1 aromatic rings. The van der Waals surface area contributed by atoms with E-state index in [0.717, 1.165) is 23.0 Å². The molecule has 0 aromatic carbocycles. The molecule has 0 aliphatic rings. The molecule has 0 atom stereocenters. The molecule has 1 rings (SSSR count). The van der Waals surface area contributed by atoms with Gasteiger partial charge in [0.2, 0.25) is 10.0 Å². The van der Waals surface area contributed by atoms with E-state index >= 15 is 0 Å². The molecule has 0 bridgehead atoms. The first kappa shape index (κ1) is 24.3. The van der Waals surface area contributed by atoms with Crippen molar-refractivity contribution in [2.45, 2.75) is 19.0 Å². The summed E-state index contributed by atoms with van der Waals surface area (Å²) in [4.78, 5) is 7.51. The SMILES string of the molecule is CN=C(NCCCNS(C)(=O)=O)NCCc1nc(C(F)(F)F)cs1.I. The summed E-state index contributed by atoms with van der Waals surface area (Å²) in [5.41, 5.74) is -0.872. The van der Waals surface area contributed by atoms with Crippen LogP contribution in [-0.2, 0) is 22.6 Å². The van der Waals surface area contributed by atoms with Crippen molar-refractivity contribution >= 4 is 51.3 Å². The Morgan fingerprint density at radius 3 is 2.44 bits per heavy atom. The molecule has 13 heteroatoms. The molecule has 1 aromatic heterocycles. The maximum atomic E-state index is 12.4. The standard InChI is InChI=1S/C12H20F3N5O2S2.HI/c1-16-11(17-5-3-6-19-24(2,21)22)18-7-4-10-20-9(8-23-10)12(13,14)15;/h8,19H,3-7H2,1-2H3,(H2,16,17,18);1H. The number of sulfonamides is 1. The molecule has 0 amide bonds. The molecule has 3 N–H and O–H groups in total. The van der Waals surface area contributed by atoms with Crippen molar-refractivity contribution in [3.63, 3.8) is 0 Å². The normalized spacial score (nSPS) is 12.6. The van der Waals surface area contributed by atoms with Gasteiger partial charge in [0.25, 0.3) is 0 Å². The predicted molar refractivity (Wildman–Crippen MR) is 103 cm³/mol. The van der Waals surface area contributed by atoms with Crippen LogP contribution in [0, 0.1) is 0 Å². The summed E-state index contributed by atoms with van der Waals surface area (Å²) in [5.74, 6) is 0.488. The summed E-state index contributed by atoms with van der Waals surface area (Å²) in [7, 11) is -1.63. The number of guanidine groups is 1. The summed E-state index contributed by atoms with van der Waals surface area (Å²) in [6.45, 7) is 1.19. The van der Waals surface area contributed by atoms with Crippen molar-refractivity contribution in [1.29, 1.82) is 0 Å². The Morgan fingerprint density at radius 2 is 1.92 bits per heavy atom. The summed E-state index contributed by atoms with van der Waals surface area (Å²) in [5, 5.41) is 7.33. The maximum Gasteiger partial charge on any atom is 0.434 e. The first-order valence-electron chi connectivity index (χ1n) is 7.02. The number of hydrogen-bond acceptors (Lipinski definition) is 5. The Hall–Kier alpha value is -0.670. The average molecular weight is 515 g/mol. The minimum Gasteiger partial charge on any atom is -0.356 e. The number of nitrogens with zero attached hydrogens (tertiary/aromatic N) is 2. The Balaban J connectivity index is 0.00000576. The van der Waals surface area contributed by atoms with E-state index < -0.39 is 21.9 Å². The van der Waals surface area contributed by atoms with E-state index in [9.17, 15) is 21.6 Å². The van der Waals surface area contributed by atoms with Crippen LogP contribution >= 0.6 is 35.3 Å². The highest BCUT2D eigenvalue weighted by Crippen LogP contribution is 2.29. The molecule has 7 nitrogen and oxygen atoms in total. The fourth-order valence-electron chi connectivity index (χ4n) is 1.62. The van der Waals surface area contributed by atoms with Crippen LogP contribution in [-0.4, -0.2) is 52.3 Å². The van der Waals surface area contributed by atoms with Gasteiger partial charge in [0.1, 0.15) is 0 Å². The lowest BCUT2D eigenvalue weighted by molar-refractivity contribution is -0.140. The van der Waals surface area contributed by atoms with Crippen LogP contribution in [0.4, 0.5) is 13.2 Å². The molecule has 0 saturated carbocycles. The number of thiazole rings is 1. The fraction of sp³-hybridized carbons (Fsp3) is 0.667. The van der Waals surface area contributed by atoms with Crippen molar-refractivity contribution in [3.8, 4) is 0 Å². The molecule has 0 fully saturated rings. The minimum atomic E-state index is -4.42. The van der Waals surface area contributed by atoms with Gasteiger partial charge in [-0.15, -0.1) is 35.3 Å². The molecule has 0 unspecified atom stereocenters. The van der Waals surface area contributed by atoms with Crippen molar-refractivity contribution in [2.24, 2.45) is 4.99 Å². The number of hydrogen-bond donors (Lipinski definition) is 3. The van der Waals surface area contributed by atoms with Gasteiger partial charge in [-0.1, -0.05) is 0 Å². The second kappa shape index (κ2) is 11.1. The van der Waals surface area contributed by atoms with Crippen LogP contribution in [0.2, 0.25) is 0 Å². The Morgan fingerprint density at radius 1 is 1.28 bits per heavy atom. The molecular weight excluding hydrogens is 494 g/mol. The molecule has 1 heterocycles. The van der Waals surface area contributed by atoms with Gasteiger partial charge in [0.15, 0.2) is 11.7 Å². The maximum absolute atomic E-state index is 12.4. The Kier molecular flexibility index (Phi) is 10.8. The highest BCUT2D eigenvalue weighted by molar-refractivity contribution is 14.0. The Bertz CT molecular complexity index is 649. The predicted octanol–water partition coefficient (Wildman–Crippen LogP) is 1.43. The third kappa shape index (κ3) is 10.8. The second-order valence-electron chi connectivity index (χ2n) is 4.82. The van der Waals surface area contributed by atoms with Gasteiger partial charge in [-0.3, -0.25) is 4.99 Å². The number of rotatable bonds is 8. The third-order valence-electron chi connectivity index (χ3n) is 2.71. The summed E-state index contributed by atoms with van der Waals surface area (Å²) >= 11 is 0.966. The lowest BCUT2D eigenvalue weighted by Gasteiger charge is -2.11. The van der Waals surface area contributed by atoms with Gasteiger partial charge >= 0.3 is 6.18 Å². The van der Waals surface area contributed by atoms with Crippen LogP contribution < -0.4 is 15.4 Å². The van der Waals surface area contributed by atoms with Gasteiger partial charge in [0, 0.05) is 38.5 Å². The zero-order valence-corrected chi connectivity index (χ0v) is 17.6. The highest BCUT2D eigenvalue weighted by Gasteiger charge is 2.33. The number of aliphatic imine (C=N–C) groups is 1. The third-order valence-corrected chi connectivity index (χ3v) is 4.34. The van der Waals surface area contributed by atoms with Gasteiger partial charge in [-0.05, 0) is 6.42 Å². The monoisotopic (exact) mass is 515 g/mol. The van der Waals surface area contributed by atoms with Gasteiger partial charge in [0.05, 0.1) is 11.3 Å². The van der Waals surface area contributed by atoms with Crippen LogP contribution in [0.3, 0.4) is 0 Å². The van der Waals surface area contributed by atoms with Crippen LogP contribution in [0.1, 0.15) is 17.1 Å². The van der Waals surface area contributed by atoms with Crippen molar-refractivity contribution in [3.05, 3.63) is 16.1 Å². The lowest BCUT2D eigenvalue weighted by atomic mass is 10.4. The smallest absolute Gasteiger partial charge is 0.356 e.